The monoisotopic (exact) mass is 282 g/mol. The molecule has 112 valence electrons. The molecule has 21 heavy (non-hydrogen) atoms. The van der Waals surface area contributed by atoms with Gasteiger partial charge in [-0.25, -0.2) is 0 Å². The summed E-state index contributed by atoms with van der Waals surface area (Å²) < 4.78 is 0. The summed E-state index contributed by atoms with van der Waals surface area (Å²) in [4.78, 5) is 5.72. The van der Waals surface area contributed by atoms with Gasteiger partial charge in [0.2, 0.25) is 0 Å². The van der Waals surface area contributed by atoms with Gasteiger partial charge in [-0.2, -0.15) is 0 Å². The zero-order valence-corrected chi connectivity index (χ0v) is 13.1. The normalized spacial score (nSPS) is 42.2. The molecule has 0 amide bonds. The molecule has 2 nitrogen and oxygen atoms in total. The Morgan fingerprint density at radius 3 is 2.76 bits per heavy atom. The van der Waals surface area contributed by atoms with Gasteiger partial charge in [0.05, 0.1) is 12.2 Å². The number of hydrogen-bond donors (Lipinski definition) is 0. The molecule has 4 aliphatic rings. The molecule has 5 rings (SSSR count). The molecular weight excluding hydrogens is 256 g/mol. The predicted molar refractivity (Wildman–Crippen MR) is 85.0 cm³/mol. The van der Waals surface area contributed by atoms with Crippen LogP contribution in [0.15, 0.2) is 24.3 Å². The van der Waals surface area contributed by atoms with Gasteiger partial charge in [-0.3, -0.25) is 9.80 Å². The van der Waals surface area contributed by atoms with Crippen molar-refractivity contribution in [2.75, 3.05) is 13.2 Å². The first kappa shape index (κ1) is 12.7. The van der Waals surface area contributed by atoms with E-state index in [9.17, 15) is 0 Å². The molecule has 3 saturated heterocycles. The quantitative estimate of drug-likeness (QED) is 0.778. The molecule has 0 bridgehead atoms. The van der Waals surface area contributed by atoms with Gasteiger partial charge in [-0.05, 0) is 57.1 Å². The Morgan fingerprint density at radius 2 is 1.90 bits per heavy atom. The van der Waals surface area contributed by atoms with E-state index in [1.165, 1.54) is 57.3 Å². The molecule has 0 N–H and O–H groups in total. The second kappa shape index (κ2) is 4.33. The van der Waals surface area contributed by atoms with Crippen molar-refractivity contribution in [2.45, 2.75) is 63.1 Å². The number of aryl methyl sites for hydroxylation is 1. The maximum Gasteiger partial charge on any atom is 0.0634 e. The van der Waals surface area contributed by atoms with Crippen molar-refractivity contribution in [1.29, 1.82) is 0 Å². The Hall–Kier alpha value is -0.860. The van der Waals surface area contributed by atoms with Crippen LogP contribution < -0.4 is 0 Å². The highest BCUT2D eigenvalue weighted by Crippen LogP contribution is 2.58. The van der Waals surface area contributed by atoms with Crippen LogP contribution in [0, 0.1) is 12.8 Å². The van der Waals surface area contributed by atoms with Gasteiger partial charge >= 0.3 is 0 Å². The Labute approximate surface area is 128 Å². The second-order valence-electron chi connectivity index (χ2n) is 7.83. The topological polar surface area (TPSA) is 6.48 Å². The Balaban J connectivity index is 1.63. The molecule has 1 aromatic carbocycles. The lowest BCUT2D eigenvalue weighted by molar-refractivity contribution is 0.130. The third-order valence-electron chi connectivity index (χ3n) is 6.91. The lowest BCUT2D eigenvalue weighted by Crippen LogP contribution is -2.45. The fourth-order valence-electron chi connectivity index (χ4n) is 6.09. The van der Waals surface area contributed by atoms with Crippen LogP contribution in [0.25, 0.3) is 0 Å². The minimum absolute atomic E-state index is 0.347. The lowest BCUT2D eigenvalue weighted by Gasteiger charge is -2.38. The van der Waals surface area contributed by atoms with Crippen LogP contribution in [-0.4, -0.2) is 35.1 Å². The van der Waals surface area contributed by atoms with Gasteiger partial charge in [0.25, 0.3) is 0 Å². The lowest BCUT2D eigenvalue weighted by atomic mass is 9.78. The van der Waals surface area contributed by atoms with Gasteiger partial charge < -0.3 is 0 Å². The summed E-state index contributed by atoms with van der Waals surface area (Å²) in [6.45, 7) is 4.77. The van der Waals surface area contributed by atoms with Crippen molar-refractivity contribution in [2.24, 2.45) is 5.92 Å². The molecule has 2 heteroatoms. The zero-order valence-electron chi connectivity index (χ0n) is 13.1. The first-order chi connectivity index (χ1) is 10.3. The van der Waals surface area contributed by atoms with E-state index in [1.807, 2.05) is 0 Å². The van der Waals surface area contributed by atoms with Crippen LogP contribution in [-0.2, 0) is 5.54 Å². The maximum absolute atomic E-state index is 2.93. The van der Waals surface area contributed by atoms with E-state index in [4.69, 9.17) is 0 Å². The molecule has 4 atom stereocenters. The maximum atomic E-state index is 2.93. The molecule has 1 saturated carbocycles. The van der Waals surface area contributed by atoms with E-state index in [0.717, 1.165) is 18.0 Å². The van der Waals surface area contributed by atoms with Crippen molar-refractivity contribution in [3.63, 3.8) is 0 Å². The minimum atomic E-state index is 0.347. The summed E-state index contributed by atoms with van der Waals surface area (Å²) in [5.41, 5.74) is 3.35. The summed E-state index contributed by atoms with van der Waals surface area (Å²) >= 11 is 0. The molecule has 0 spiro atoms. The molecule has 3 heterocycles. The smallest absolute Gasteiger partial charge is 0.0634 e. The molecule has 1 aromatic rings. The van der Waals surface area contributed by atoms with E-state index < -0.39 is 0 Å². The van der Waals surface area contributed by atoms with E-state index in [2.05, 4.69) is 41.0 Å². The van der Waals surface area contributed by atoms with Crippen molar-refractivity contribution in [3.05, 3.63) is 35.4 Å². The first-order valence-electron chi connectivity index (χ1n) is 8.87. The van der Waals surface area contributed by atoms with Gasteiger partial charge in [0.1, 0.15) is 0 Å². The summed E-state index contributed by atoms with van der Waals surface area (Å²) in [6, 6.07) is 11.2. The van der Waals surface area contributed by atoms with Crippen LogP contribution in [0.5, 0.6) is 0 Å². The zero-order chi connectivity index (χ0) is 14.0. The number of benzene rings is 1. The second-order valence-corrected chi connectivity index (χ2v) is 7.83. The van der Waals surface area contributed by atoms with Crippen molar-refractivity contribution in [1.82, 2.24) is 9.80 Å². The predicted octanol–water partition coefficient (Wildman–Crippen LogP) is 3.50. The Kier molecular flexibility index (Phi) is 2.61. The molecule has 4 fully saturated rings. The third-order valence-corrected chi connectivity index (χ3v) is 6.91. The highest BCUT2D eigenvalue weighted by Gasteiger charge is 2.63. The first-order valence-corrected chi connectivity index (χ1v) is 8.87. The SMILES string of the molecule is Cc1ccc([C@@]23C[C@H]4CCC[C@H]4N2CN2CCC[C@@H]23)cc1. The molecule has 0 aromatic heterocycles. The van der Waals surface area contributed by atoms with Gasteiger partial charge in [-0.15, -0.1) is 0 Å². The van der Waals surface area contributed by atoms with Crippen LogP contribution in [0.2, 0.25) is 0 Å². The average Bonchev–Trinajstić information content (AvgIpc) is 3.18. The minimum Gasteiger partial charge on any atom is -0.285 e. The Bertz CT molecular complexity index is 551. The van der Waals surface area contributed by atoms with Crippen LogP contribution >= 0.6 is 0 Å². The van der Waals surface area contributed by atoms with Gasteiger partial charge in [0.15, 0.2) is 0 Å². The summed E-state index contributed by atoms with van der Waals surface area (Å²) in [7, 11) is 0. The summed E-state index contributed by atoms with van der Waals surface area (Å²) in [6.07, 6.45) is 8.61. The summed E-state index contributed by atoms with van der Waals surface area (Å²) in [5, 5.41) is 0. The highest BCUT2D eigenvalue weighted by atomic mass is 15.5. The standard InChI is InChI=1S/C19H26N2/c1-14-7-9-16(10-8-14)19-12-15-4-2-5-17(15)21(19)13-20-11-3-6-18(19)20/h7-10,15,17-18H,2-6,11-13H2,1H3/t15-,17-,18-,19-/m1/s1. The van der Waals surface area contributed by atoms with Crippen molar-refractivity contribution in [3.8, 4) is 0 Å². The number of hydrogen-bond acceptors (Lipinski definition) is 2. The van der Waals surface area contributed by atoms with Gasteiger partial charge in [0, 0.05) is 12.1 Å². The van der Waals surface area contributed by atoms with Gasteiger partial charge in [-0.1, -0.05) is 36.2 Å². The summed E-state index contributed by atoms with van der Waals surface area (Å²) in [5.74, 6) is 0.967. The van der Waals surface area contributed by atoms with Crippen LogP contribution in [0.1, 0.15) is 49.7 Å². The van der Waals surface area contributed by atoms with E-state index in [-0.39, 0.29) is 0 Å². The van der Waals surface area contributed by atoms with E-state index >= 15 is 0 Å². The molecule has 1 aliphatic carbocycles. The van der Waals surface area contributed by atoms with Crippen LogP contribution in [0.4, 0.5) is 0 Å². The fraction of sp³-hybridized carbons (Fsp3) is 0.684. The Morgan fingerprint density at radius 1 is 1.05 bits per heavy atom. The molecule has 3 aliphatic heterocycles. The van der Waals surface area contributed by atoms with Crippen molar-refractivity contribution >= 4 is 0 Å². The van der Waals surface area contributed by atoms with Crippen LogP contribution in [0.3, 0.4) is 0 Å². The fourth-order valence-corrected chi connectivity index (χ4v) is 6.09. The highest BCUT2D eigenvalue weighted by molar-refractivity contribution is 5.35. The third kappa shape index (κ3) is 1.55. The van der Waals surface area contributed by atoms with E-state index in [1.54, 1.807) is 5.56 Å². The molecule has 0 unspecified atom stereocenters. The molecule has 0 radical (unpaired) electrons. The number of fused-ring (bicyclic) bond motifs is 5. The number of rotatable bonds is 1. The number of nitrogens with zero attached hydrogens (tertiary/aromatic N) is 2. The largest absolute Gasteiger partial charge is 0.285 e. The van der Waals surface area contributed by atoms with E-state index in [0.29, 0.717) is 5.54 Å². The molecular formula is C19H26N2. The average molecular weight is 282 g/mol. The van der Waals surface area contributed by atoms with Crippen molar-refractivity contribution < 1.29 is 0 Å².